The lowest BCUT2D eigenvalue weighted by atomic mass is 10.2. The summed E-state index contributed by atoms with van der Waals surface area (Å²) in [5, 5.41) is 4.80. The van der Waals surface area contributed by atoms with Gasteiger partial charge in [0.25, 0.3) is 0 Å². The smallest absolute Gasteiger partial charge is 0.145 e. The molecule has 0 spiro atoms. The van der Waals surface area contributed by atoms with Crippen molar-refractivity contribution in [3.8, 4) is 11.5 Å². The standard InChI is InChI=1S/C13H18ClNO2S/c1-8-4-9(7-18-8)15-11-5-10(14)12(16-2)6-13(11)17-3/h5-6,8-9,15H,4,7H2,1-3H3. The molecule has 0 aliphatic carbocycles. The molecule has 2 unspecified atom stereocenters. The second-order valence-corrected chi connectivity index (χ2v) is 6.29. The van der Waals surface area contributed by atoms with Gasteiger partial charge in [-0.2, -0.15) is 11.8 Å². The van der Waals surface area contributed by atoms with Gasteiger partial charge in [0.15, 0.2) is 0 Å². The fourth-order valence-electron chi connectivity index (χ4n) is 2.11. The summed E-state index contributed by atoms with van der Waals surface area (Å²) in [5.74, 6) is 2.52. The second-order valence-electron chi connectivity index (χ2n) is 4.41. The highest BCUT2D eigenvalue weighted by molar-refractivity contribution is 8.00. The fourth-order valence-corrected chi connectivity index (χ4v) is 3.50. The minimum absolute atomic E-state index is 0.475. The summed E-state index contributed by atoms with van der Waals surface area (Å²) in [6, 6.07) is 4.16. The first-order valence-corrected chi connectivity index (χ1v) is 7.36. The van der Waals surface area contributed by atoms with Gasteiger partial charge in [-0.25, -0.2) is 0 Å². The molecule has 1 aromatic carbocycles. The van der Waals surface area contributed by atoms with E-state index in [0.717, 1.165) is 23.6 Å². The molecule has 100 valence electrons. The lowest BCUT2D eigenvalue weighted by Crippen LogP contribution is -2.19. The number of methoxy groups -OCH3 is 2. The van der Waals surface area contributed by atoms with Gasteiger partial charge in [-0.3, -0.25) is 0 Å². The zero-order chi connectivity index (χ0) is 13.1. The van der Waals surface area contributed by atoms with Crippen molar-refractivity contribution >= 4 is 29.1 Å². The summed E-state index contributed by atoms with van der Waals surface area (Å²) in [5.41, 5.74) is 0.933. The van der Waals surface area contributed by atoms with Crippen LogP contribution >= 0.6 is 23.4 Å². The largest absolute Gasteiger partial charge is 0.495 e. The van der Waals surface area contributed by atoms with Crippen molar-refractivity contribution in [1.29, 1.82) is 0 Å². The second kappa shape index (κ2) is 5.93. The van der Waals surface area contributed by atoms with Gasteiger partial charge in [0.05, 0.1) is 24.9 Å². The normalized spacial score (nSPS) is 22.9. The van der Waals surface area contributed by atoms with E-state index < -0.39 is 0 Å². The summed E-state index contributed by atoms with van der Waals surface area (Å²) >= 11 is 8.14. The van der Waals surface area contributed by atoms with Gasteiger partial charge < -0.3 is 14.8 Å². The van der Waals surface area contributed by atoms with Crippen molar-refractivity contribution in [2.45, 2.75) is 24.6 Å². The summed E-state index contributed by atoms with van der Waals surface area (Å²) in [7, 11) is 3.25. The zero-order valence-electron chi connectivity index (χ0n) is 10.8. The van der Waals surface area contributed by atoms with Crippen LogP contribution in [0.5, 0.6) is 11.5 Å². The van der Waals surface area contributed by atoms with Gasteiger partial charge in [-0.15, -0.1) is 0 Å². The highest BCUT2D eigenvalue weighted by atomic mass is 35.5. The molecular formula is C13H18ClNO2S. The highest BCUT2D eigenvalue weighted by Crippen LogP contribution is 2.37. The Morgan fingerprint density at radius 1 is 1.28 bits per heavy atom. The number of ether oxygens (including phenoxy) is 2. The minimum atomic E-state index is 0.475. The van der Waals surface area contributed by atoms with Crippen LogP contribution in [0.3, 0.4) is 0 Å². The lowest BCUT2D eigenvalue weighted by Gasteiger charge is -2.17. The first-order chi connectivity index (χ1) is 8.63. The Morgan fingerprint density at radius 2 is 2.00 bits per heavy atom. The molecule has 0 aromatic heterocycles. The Balaban J connectivity index is 2.18. The van der Waals surface area contributed by atoms with E-state index in [1.54, 1.807) is 14.2 Å². The van der Waals surface area contributed by atoms with Crippen LogP contribution in [-0.2, 0) is 0 Å². The third-order valence-corrected chi connectivity index (χ3v) is 4.68. The van der Waals surface area contributed by atoms with E-state index in [1.807, 2.05) is 23.9 Å². The maximum atomic E-state index is 6.15. The van der Waals surface area contributed by atoms with Crippen molar-refractivity contribution in [3.05, 3.63) is 17.2 Å². The van der Waals surface area contributed by atoms with Crippen molar-refractivity contribution in [2.75, 3.05) is 25.3 Å². The van der Waals surface area contributed by atoms with Gasteiger partial charge >= 0.3 is 0 Å². The van der Waals surface area contributed by atoms with Gasteiger partial charge in [0.2, 0.25) is 0 Å². The summed E-state index contributed by atoms with van der Waals surface area (Å²) in [4.78, 5) is 0. The van der Waals surface area contributed by atoms with E-state index >= 15 is 0 Å². The van der Waals surface area contributed by atoms with Gasteiger partial charge in [0.1, 0.15) is 11.5 Å². The minimum Gasteiger partial charge on any atom is -0.495 e. The van der Waals surface area contributed by atoms with Crippen LogP contribution in [0, 0.1) is 0 Å². The average molecular weight is 288 g/mol. The van der Waals surface area contributed by atoms with E-state index in [4.69, 9.17) is 21.1 Å². The van der Waals surface area contributed by atoms with Gasteiger partial charge in [-0.1, -0.05) is 18.5 Å². The van der Waals surface area contributed by atoms with Crippen LogP contribution < -0.4 is 14.8 Å². The van der Waals surface area contributed by atoms with Crippen LogP contribution in [0.1, 0.15) is 13.3 Å². The number of anilines is 1. The molecule has 1 aliphatic heterocycles. The van der Waals surface area contributed by atoms with E-state index in [9.17, 15) is 0 Å². The first-order valence-electron chi connectivity index (χ1n) is 5.93. The number of thioether (sulfide) groups is 1. The topological polar surface area (TPSA) is 30.5 Å². The van der Waals surface area contributed by atoms with E-state index in [1.165, 1.54) is 0 Å². The van der Waals surface area contributed by atoms with Gasteiger partial charge in [-0.05, 0) is 12.5 Å². The monoisotopic (exact) mass is 287 g/mol. The zero-order valence-corrected chi connectivity index (χ0v) is 12.4. The van der Waals surface area contributed by atoms with Crippen LogP contribution in [0.2, 0.25) is 5.02 Å². The van der Waals surface area contributed by atoms with Crippen LogP contribution in [-0.4, -0.2) is 31.3 Å². The van der Waals surface area contributed by atoms with Crippen LogP contribution in [0.15, 0.2) is 12.1 Å². The molecule has 1 heterocycles. The number of benzene rings is 1. The Labute approximate surface area is 117 Å². The molecule has 1 saturated heterocycles. The fraction of sp³-hybridized carbons (Fsp3) is 0.538. The maximum Gasteiger partial charge on any atom is 0.145 e. The quantitative estimate of drug-likeness (QED) is 0.915. The Hall–Kier alpha value is -0.740. The van der Waals surface area contributed by atoms with Crippen molar-refractivity contribution in [1.82, 2.24) is 0 Å². The predicted molar refractivity (Wildman–Crippen MR) is 78.5 cm³/mol. The molecule has 1 N–H and O–H groups in total. The first kappa shape index (κ1) is 13.7. The maximum absolute atomic E-state index is 6.15. The van der Waals surface area contributed by atoms with Crippen molar-refractivity contribution in [3.63, 3.8) is 0 Å². The number of halogens is 1. The molecule has 3 nitrogen and oxygen atoms in total. The lowest BCUT2D eigenvalue weighted by molar-refractivity contribution is 0.395. The molecule has 0 radical (unpaired) electrons. The van der Waals surface area contributed by atoms with Crippen LogP contribution in [0.25, 0.3) is 0 Å². The molecule has 1 aromatic rings. The molecule has 2 atom stereocenters. The third-order valence-electron chi connectivity index (χ3n) is 3.03. The third kappa shape index (κ3) is 2.98. The summed E-state index contributed by atoms with van der Waals surface area (Å²) in [6.45, 7) is 2.25. The number of hydrogen-bond donors (Lipinski definition) is 1. The molecule has 5 heteroatoms. The predicted octanol–water partition coefficient (Wildman–Crippen LogP) is 3.66. The summed E-state index contributed by atoms with van der Waals surface area (Å²) < 4.78 is 10.6. The van der Waals surface area contributed by atoms with E-state index in [-0.39, 0.29) is 0 Å². The Kier molecular flexibility index (Phi) is 4.51. The average Bonchev–Trinajstić information content (AvgIpc) is 2.75. The van der Waals surface area contributed by atoms with Crippen molar-refractivity contribution in [2.24, 2.45) is 0 Å². The molecule has 0 amide bonds. The molecule has 0 saturated carbocycles. The van der Waals surface area contributed by atoms with Crippen molar-refractivity contribution < 1.29 is 9.47 Å². The van der Waals surface area contributed by atoms with Crippen LogP contribution in [0.4, 0.5) is 5.69 Å². The highest BCUT2D eigenvalue weighted by Gasteiger charge is 2.23. The Bertz CT molecular complexity index is 428. The molecule has 1 fully saturated rings. The summed E-state index contributed by atoms with van der Waals surface area (Å²) in [6.07, 6.45) is 1.16. The number of hydrogen-bond acceptors (Lipinski definition) is 4. The molecule has 18 heavy (non-hydrogen) atoms. The SMILES string of the molecule is COc1cc(OC)c(NC2CSC(C)C2)cc1Cl. The number of nitrogens with one attached hydrogen (secondary N) is 1. The molecule has 2 rings (SSSR count). The Morgan fingerprint density at radius 3 is 2.56 bits per heavy atom. The molecule has 1 aliphatic rings. The van der Waals surface area contributed by atoms with E-state index in [2.05, 4.69) is 12.2 Å². The number of rotatable bonds is 4. The molecular weight excluding hydrogens is 270 g/mol. The van der Waals surface area contributed by atoms with E-state index in [0.29, 0.717) is 22.1 Å². The molecule has 0 bridgehead atoms. The van der Waals surface area contributed by atoms with Gasteiger partial charge in [0, 0.05) is 23.1 Å².